The molecule has 0 fully saturated rings. The Morgan fingerprint density at radius 1 is 0.388 bits per heavy atom. The minimum absolute atomic E-state index is 0.170. The third kappa shape index (κ3) is 5.76. The predicted octanol–water partition coefficient (Wildman–Crippen LogP) is 17.4. The largest absolute Gasteiger partial charge is 0.455 e. The summed E-state index contributed by atoms with van der Waals surface area (Å²) in [5.74, 6) is 0. The lowest BCUT2D eigenvalue weighted by molar-refractivity contribution is 0.660. The van der Waals surface area contributed by atoms with Crippen molar-refractivity contribution in [2.45, 2.75) is 31.6 Å². The van der Waals surface area contributed by atoms with E-state index in [-0.39, 0.29) is 5.41 Å². The summed E-state index contributed by atoms with van der Waals surface area (Å²) < 4.78 is 6.57. The van der Waals surface area contributed by atoms with Crippen molar-refractivity contribution in [2.24, 2.45) is 0 Å². The first kappa shape index (κ1) is 39.2. The van der Waals surface area contributed by atoms with Crippen molar-refractivity contribution in [1.82, 2.24) is 0 Å². The fourth-order valence-corrected chi connectivity index (χ4v) is 11.8. The molecule has 0 bridgehead atoms. The minimum atomic E-state index is -0.671. The molecule has 10 aromatic carbocycles. The highest BCUT2D eigenvalue weighted by molar-refractivity contribution is 6.09. The van der Waals surface area contributed by atoms with E-state index < -0.39 is 5.41 Å². The topological polar surface area (TPSA) is 16.4 Å². The number of nitrogens with zero attached hydrogens (tertiary/aromatic N) is 1. The van der Waals surface area contributed by atoms with Crippen LogP contribution in [0.25, 0.3) is 66.4 Å². The number of rotatable bonds is 7. The van der Waals surface area contributed by atoms with Gasteiger partial charge in [-0.25, -0.2) is 0 Å². The van der Waals surface area contributed by atoms with Crippen LogP contribution in [-0.4, -0.2) is 0 Å². The molecule has 11 aromatic rings. The number of hydrogen-bond acceptors (Lipinski definition) is 2. The summed E-state index contributed by atoms with van der Waals surface area (Å²) in [7, 11) is 0. The maximum Gasteiger partial charge on any atom is 0.143 e. The maximum absolute atomic E-state index is 6.57. The Hall–Kier alpha value is -8.20. The van der Waals surface area contributed by atoms with Gasteiger partial charge in [0.05, 0.1) is 11.1 Å². The zero-order valence-electron chi connectivity index (χ0n) is 37.8. The van der Waals surface area contributed by atoms with Crippen molar-refractivity contribution in [3.8, 4) is 44.5 Å². The molecule has 1 atom stereocenters. The van der Waals surface area contributed by atoms with Gasteiger partial charge < -0.3 is 9.32 Å². The van der Waals surface area contributed by atoms with E-state index in [9.17, 15) is 0 Å². The highest BCUT2D eigenvalue weighted by Gasteiger charge is 2.48. The molecular formula is C65H47NO. The number of benzene rings is 10. The van der Waals surface area contributed by atoms with E-state index in [2.05, 4.69) is 250 Å². The van der Waals surface area contributed by atoms with Crippen molar-refractivity contribution in [3.63, 3.8) is 0 Å². The molecule has 0 aliphatic heterocycles. The zero-order valence-corrected chi connectivity index (χ0v) is 37.8. The van der Waals surface area contributed by atoms with Crippen LogP contribution >= 0.6 is 0 Å². The molecule has 0 amide bonds. The Morgan fingerprint density at radius 2 is 0.985 bits per heavy atom. The van der Waals surface area contributed by atoms with Crippen molar-refractivity contribution < 1.29 is 4.42 Å². The number of hydrogen-bond donors (Lipinski definition) is 0. The number of furan rings is 1. The van der Waals surface area contributed by atoms with E-state index >= 15 is 0 Å². The summed E-state index contributed by atoms with van der Waals surface area (Å²) in [4.78, 5) is 2.56. The Labute approximate surface area is 392 Å². The summed E-state index contributed by atoms with van der Waals surface area (Å²) in [6.45, 7) is 7.02. The van der Waals surface area contributed by atoms with Crippen LogP contribution in [0.1, 0.15) is 52.8 Å². The van der Waals surface area contributed by atoms with Gasteiger partial charge in [0.1, 0.15) is 11.2 Å². The van der Waals surface area contributed by atoms with E-state index in [1.165, 1.54) is 72.3 Å². The van der Waals surface area contributed by atoms with E-state index in [1.54, 1.807) is 0 Å². The van der Waals surface area contributed by atoms with Gasteiger partial charge in [0.2, 0.25) is 0 Å². The minimum Gasteiger partial charge on any atom is -0.455 e. The maximum atomic E-state index is 6.57. The lowest BCUT2D eigenvalue weighted by Gasteiger charge is -2.38. The first-order chi connectivity index (χ1) is 32.9. The fraction of sp³-hybridized carbons (Fsp3) is 0.0769. The third-order valence-corrected chi connectivity index (χ3v) is 14.9. The van der Waals surface area contributed by atoms with E-state index in [4.69, 9.17) is 4.42 Å². The van der Waals surface area contributed by atoms with Crippen LogP contribution < -0.4 is 4.90 Å². The second-order valence-corrected chi connectivity index (χ2v) is 18.8. The first-order valence-electron chi connectivity index (χ1n) is 23.4. The Balaban J connectivity index is 1.07. The van der Waals surface area contributed by atoms with Gasteiger partial charge in [-0.1, -0.05) is 208 Å². The van der Waals surface area contributed by atoms with Crippen molar-refractivity contribution in [3.05, 3.63) is 269 Å². The molecule has 1 unspecified atom stereocenters. The SMILES string of the molecule is Cc1cc(-c2ccccc2)ccc1N(c1ccc2c(c1)C(C)(C)c1ccccc1-2)c1cccc2c1C(c1ccccc1)(c1ccc(-c3cccc4c3oc3ccccc34)cc1)c1ccccc1-2. The molecule has 67 heavy (non-hydrogen) atoms. The molecule has 1 heterocycles. The number of fused-ring (bicyclic) bond motifs is 9. The van der Waals surface area contributed by atoms with Crippen molar-refractivity contribution >= 4 is 39.0 Å². The van der Waals surface area contributed by atoms with E-state index in [0.29, 0.717) is 0 Å². The standard InChI is InChI=1S/C65H47NO/c1-42-40-45(43-18-6-4-7-19-43)34-39-59(42)66(48-37-38-52-50-22-10-13-28-56(50)64(2,3)58(52)41-48)60-30-17-26-54-51-23-11-14-29-57(51)65(62(54)60,46-20-8-5-9-21-46)47-35-32-44(33-36-47)49-25-16-27-55-53-24-12-15-31-61(53)67-63(49)55/h4-41H,1-3H3. The quantitative estimate of drug-likeness (QED) is 0.159. The zero-order chi connectivity index (χ0) is 44.9. The average molecular weight is 858 g/mol. The molecule has 0 radical (unpaired) electrons. The number of aryl methyl sites for hydroxylation is 1. The molecule has 2 aliphatic carbocycles. The molecule has 1 aromatic heterocycles. The summed E-state index contributed by atoms with van der Waals surface area (Å²) in [6, 6.07) is 85.2. The van der Waals surface area contributed by atoms with Gasteiger partial charge >= 0.3 is 0 Å². The summed E-state index contributed by atoms with van der Waals surface area (Å²) in [5, 5.41) is 2.27. The second-order valence-electron chi connectivity index (χ2n) is 18.8. The first-order valence-corrected chi connectivity index (χ1v) is 23.4. The highest BCUT2D eigenvalue weighted by Crippen LogP contribution is 2.61. The molecule has 0 saturated carbocycles. The van der Waals surface area contributed by atoms with Gasteiger partial charge in [0.25, 0.3) is 0 Å². The Morgan fingerprint density at radius 3 is 1.78 bits per heavy atom. The molecule has 2 aliphatic rings. The molecular weight excluding hydrogens is 811 g/mol. The van der Waals surface area contributed by atoms with Crippen LogP contribution in [0, 0.1) is 6.92 Å². The molecule has 0 saturated heterocycles. The predicted molar refractivity (Wildman–Crippen MR) is 279 cm³/mol. The molecule has 2 heteroatoms. The van der Waals surface area contributed by atoms with Crippen LogP contribution in [0.5, 0.6) is 0 Å². The lowest BCUT2D eigenvalue weighted by atomic mass is 9.67. The van der Waals surface area contributed by atoms with Crippen LogP contribution in [0.4, 0.5) is 17.1 Å². The number of anilines is 3. The second kappa shape index (κ2) is 14.9. The van der Waals surface area contributed by atoms with Gasteiger partial charge in [-0.3, -0.25) is 0 Å². The lowest BCUT2D eigenvalue weighted by Crippen LogP contribution is -2.30. The van der Waals surface area contributed by atoms with Crippen LogP contribution in [0.3, 0.4) is 0 Å². The summed E-state index contributed by atoms with van der Waals surface area (Å²) in [5.41, 5.74) is 23.0. The smallest absolute Gasteiger partial charge is 0.143 e. The van der Waals surface area contributed by atoms with Crippen LogP contribution in [0.15, 0.2) is 235 Å². The van der Waals surface area contributed by atoms with Gasteiger partial charge in [-0.05, 0) is 116 Å². The van der Waals surface area contributed by atoms with E-state index in [1.807, 2.05) is 6.07 Å². The molecule has 13 rings (SSSR count). The third-order valence-electron chi connectivity index (χ3n) is 14.9. The number of para-hydroxylation sites is 2. The molecule has 2 nitrogen and oxygen atoms in total. The molecule has 0 spiro atoms. The normalized spacial score (nSPS) is 15.3. The van der Waals surface area contributed by atoms with Gasteiger partial charge in [0.15, 0.2) is 0 Å². The highest BCUT2D eigenvalue weighted by atomic mass is 16.3. The van der Waals surface area contributed by atoms with Crippen molar-refractivity contribution in [2.75, 3.05) is 4.90 Å². The van der Waals surface area contributed by atoms with Crippen molar-refractivity contribution in [1.29, 1.82) is 0 Å². The molecule has 318 valence electrons. The van der Waals surface area contributed by atoms with Gasteiger partial charge in [0, 0.05) is 38.7 Å². The Bertz CT molecular complexity index is 3730. The monoisotopic (exact) mass is 857 g/mol. The van der Waals surface area contributed by atoms with Crippen LogP contribution in [-0.2, 0) is 10.8 Å². The summed E-state index contributed by atoms with van der Waals surface area (Å²) in [6.07, 6.45) is 0. The summed E-state index contributed by atoms with van der Waals surface area (Å²) >= 11 is 0. The molecule has 0 N–H and O–H groups in total. The van der Waals surface area contributed by atoms with Crippen LogP contribution in [0.2, 0.25) is 0 Å². The average Bonchev–Trinajstić information content (AvgIpc) is 3.99. The van der Waals surface area contributed by atoms with E-state index in [0.717, 1.165) is 50.1 Å². The fourth-order valence-electron chi connectivity index (χ4n) is 11.8. The van der Waals surface area contributed by atoms with Gasteiger partial charge in [-0.15, -0.1) is 0 Å². The van der Waals surface area contributed by atoms with Gasteiger partial charge in [-0.2, -0.15) is 0 Å². The Kier molecular flexibility index (Phi) is 8.73.